The Labute approximate surface area is 118 Å². The summed E-state index contributed by atoms with van der Waals surface area (Å²) < 4.78 is 15.9. The lowest BCUT2D eigenvalue weighted by Gasteiger charge is -2.04. The van der Waals surface area contributed by atoms with Gasteiger partial charge in [-0.3, -0.25) is 0 Å². The maximum atomic E-state index is 5.51. The van der Waals surface area contributed by atoms with Crippen molar-refractivity contribution >= 4 is 0 Å². The van der Waals surface area contributed by atoms with E-state index in [1.54, 1.807) is 13.4 Å². The first-order chi connectivity index (χ1) is 9.67. The van der Waals surface area contributed by atoms with Gasteiger partial charge in [0.1, 0.15) is 18.6 Å². The second kappa shape index (κ2) is 6.96. The average Bonchev–Trinajstić information content (AvgIpc) is 2.91. The van der Waals surface area contributed by atoms with Crippen molar-refractivity contribution in [3.05, 3.63) is 41.8 Å². The Morgan fingerprint density at radius 3 is 2.65 bits per heavy atom. The third kappa shape index (κ3) is 4.28. The van der Waals surface area contributed by atoms with Crippen molar-refractivity contribution in [2.45, 2.75) is 33.0 Å². The van der Waals surface area contributed by atoms with E-state index in [1.807, 2.05) is 24.3 Å². The predicted octanol–water partition coefficient (Wildman–Crippen LogP) is 2.76. The zero-order valence-electron chi connectivity index (χ0n) is 12.1. The van der Waals surface area contributed by atoms with Gasteiger partial charge in [-0.25, -0.2) is 0 Å². The van der Waals surface area contributed by atoms with Gasteiger partial charge >= 0.3 is 6.08 Å². The number of nitrogens with zero attached hydrogens (tertiary/aromatic N) is 1. The Morgan fingerprint density at radius 2 is 2.00 bits per heavy atom. The molecular weight excluding hydrogens is 256 g/mol. The molecule has 5 nitrogen and oxygen atoms in total. The van der Waals surface area contributed by atoms with Crippen molar-refractivity contribution in [2.75, 3.05) is 7.11 Å². The molecule has 1 N–H and O–H groups in total. The molecule has 2 rings (SSSR count). The quantitative estimate of drug-likeness (QED) is 0.842. The Morgan fingerprint density at radius 1 is 1.25 bits per heavy atom. The molecule has 0 fully saturated rings. The van der Waals surface area contributed by atoms with Crippen LogP contribution in [0.1, 0.15) is 25.1 Å². The molecule has 0 saturated carbocycles. The van der Waals surface area contributed by atoms with E-state index < -0.39 is 0 Å². The van der Waals surface area contributed by atoms with Gasteiger partial charge in [0.25, 0.3) is 0 Å². The molecule has 0 saturated heterocycles. The monoisotopic (exact) mass is 276 g/mol. The minimum absolute atomic E-state index is 0.293. The first-order valence-electron chi connectivity index (χ1n) is 6.61. The van der Waals surface area contributed by atoms with Crippen molar-refractivity contribution in [1.29, 1.82) is 0 Å². The van der Waals surface area contributed by atoms with E-state index in [9.17, 15) is 0 Å². The first-order valence-corrected chi connectivity index (χ1v) is 6.61. The van der Waals surface area contributed by atoms with Crippen molar-refractivity contribution < 1.29 is 13.9 Å². The predicted molar refractivity (Wildman–Crippen MR) is 75.8 cm³/mol. The van der Waals surface area contributed by atoms with E-state index >= 15 is 0 Å². The van der Waals surface area contributed by atoms with Crippen LogP contribution in [0.3, 0.4) is 0 Å². The van der Waals surface area contributed by atoms with Gasteiger partial charge in [-0.2, -0.15) is 4.98 Å². The number of rotatable bonds is 7. The van der Waals surface area contributed by atoms with Crippen molar-refractivity contribution in [2.24, 2.45) is 0 Å². The van der Waals surface area contributed by atoms with Gasteiger partial charge in [0.05, 0.1) is 12.8 Å². The van der Waals surface area contributed by atoms with Crippen LogP contribution in [-0.2, 0) is 13.2 Å². The molecular formula is C15H20N2O3. The summed E-state index contributed by atoms with van der Waals surface area (Å²) >= 11 is 0. The largest absolute Gasteiger partial charge is 0.497 e. The minimum Gasteiger partial charge on any atom is -0.497 e. The number of hydrogen-bond acceptors (Lipinski definition) is 5. The molecule has 0 unspecified atom stereocenters. The van der Waals surface area contributed by atoms with Gasteiger partial charge in [0.15, 0.2) is 0 Å². The molecule has 108 valence electrons. The van der Waals surface area contributed by atoms with Crippen LogP contribution in [0.25, 0.3) is 0 Å². The summed E-state index contributed by atoms with van der Waals surface area (Å²) in [5, 5.41) is 3.27. The number of oxazole rings is 1. The number of ether oxygens (including phenoxy) is 2. The number of hydrogen-bond donors (Lipinski definition) is 1. The van der Waals surface area contributed by atoms with Crippen LogP contribution in [0.15, 0.2) is 34.9 Å². The molecule has 0 amide bonds. The summed E-state index contributed by atoms with van der Waals surface area (Å²) in [6.45, 7) is 5.26. The van der Waals surface area contributed by atoms with Crippen LogP contribution < -0.4 is 14.8 Å². The second-order valence-electron chi connectivity index (χ2n) is 4.78. The van der Waals surface area contributed by atoms with E-state index in [2.05, 4.69) is 24.1 Å². The highest BCUT2D eigenvalue weighted by Crippen LogP contribution is 2.15. The van der Waals surface area contributed by atoms with Gasteiger partial charge in [-0.05, 0) is 17.7 Å². The van der Waals surface area contributed by atoms with Gasteiger partial charge in [-0.15, -0.1) is 0 Å². The van der Waals surface area contributed by atoms with Crippen LogP contribution in [0.4, 0.5) is 0 Å². The number of methoxy groups -OCH3 is 1. The second-order valence-corrected chi connectivity index (χ2v) is 4.78. The minimum atomic E-state index is 0.293. The maximum Gasteiger partial charge on any atom is 0.394 e. The average molecular weight is 276 g/mol. The number of aromatic nitrogens is 1. The molecule has 0 atom stereocenters. The highest BCUT2D eigenvalue weighted by atomic mass is 16.6. The molecule has 2 aromatic rings. The molecule has 0 bridgehead atoms. The zero-order chi connectivity index (χ0) is 14.4. The summed E-state index contributed by atoms with van der Waals surface area (Å²) in [4.78, 5) is 4.25. The van der Waals surface area contributed by atoms with Crippen LogP contribution in [-0.4, -0.2) is 18.1 Å². The number of benzene rings is 1. The van der Waals surface area contributed by atoms with Crippen LogP contribution in [0.5, 0.6) is 11.8 Å². The molecule has 0 radical (unpaired) electrons. The molecule has 0 aliphatic heterocycles. The van der Waals surface area contributed by atoms with Crippen molar-refractivity contribution in [1.82, 2.24) is 10.3 Å². The molecule has 1 aromatic carbocycles. The highest BCUT2D eigenvalue weighted by molar-refractivity contribution is 5.26. The molecule has 1 heterocycles. The summed E-state index contributed by atoms with van der Waals surface area (Å²) in [5.41, 5.74) is 1.87. The summed E-state index contributed by atoms with van der Waals surface area (Å²) in [5.74, 6) is 0.826. The van der Waals surface area contributed by atoms with E-state index in [1.165, 1.54) is 0 Å². The SMILES string of the molecule is COc1ccc(COc2nc(CNC(C)C)co2)cc1. The fraction of sp³-hybridized carbons (Fsp3) is 0.400. The molecule has 1 aromatic heterocycles. The molecule has 0 spiro atoms. The lowest BCUT2D eigenvalue weighted by Crippen LogP contribution is -2.21. The highest BCUT2D eigenvalue weighted by Gasteiger charge is 2.06. The van der Waals surface area contributed by atoms with E-state index in [-0.39, 0.29) is 0 Å². The van der Waals surface area contributed by atoms with Gasteiger partial charge in [-0.1, -0.05) is 26.0 Å². The fourth-order valence-electron chi connectivity index (χ4n) is 1.61. The Hall–Kier alpha value is -2.01. The Kier molecular flexibility index (Phi) is 5.01. The number of nitrogens with one attached hydrogen (secondary N) is 1. The lowest BCUT2D eigenvalue weighted by atomic mass is 10.2. The summed E-state index contributed by atoms with van der Waals surface area (Å²) in [7, 11) is 1.64. The van der Waals surface area contributed by atoms with Gasteiger partial charge < -0.3 is 19.2 Å². The van der Waals surface area contributed by atoms with Crippen LogP contribution >= 0.6 is 0 Å². The van der Waals surface area contributed by atoms with Crippen molar-refractivity contribution in [3.63, 3.8) is 0 Å². The molecule has 0 aliphatic rings. The topological polar surface area (TPSA) is 56.5 Å². The van der Waals surface area contributed by atoms with Crippen molar-refractivity contribution in [3.8, 4) is 11.8 Å². The lowest BCUT2D eigenvalue weighted by molar-refractivity contribution is 0.220. The Bertz CT molecular complexity index is 520. The van der Waals surface area contributed by atoms with Gasteiger partial charge in [0.2, 0.25) is 0 Å². The first kappa shape index (κ1) is 14.4. The van der Waals surface area contributed by atoms with Crippen LogP contribution in [0.2, 0.25) is 0 Å². The summed E-state index contributed by atoms with van der Waals surface area (Å²) in [6.07, 6.45) is 1.90. The van der Waals surface area contributed by atoms with E-state index in [4.69, 9.17) is 13.9 Å². The van der Waals surface area contributed by atoms with Gasteiger partial charge in [0, 0.05) is 12.6 Å². The van der Waals surface area contributed by atoms with E-state index in [0.717, 1.165) is 17.0 Å². The molecule has 20 heavy (non-hydrogen) atoms. The third-order valence-corrected chi connectivity index (χ3v) is 2.74. The third-order valence-electron chi connectivity index (χ3n) is 2.74. The normalized spacial score (nSPS) is 10.8. The standard InChI is InChI=1S/C15H20N2O3/c1-11(2)16-8-13-10-20-15(17-13)19-9-12-4-6-14(18-3)7-5-12/h4-7,10-11,16H,8-9H2,1-3H3. The summed E-state index contributed by atoms with van der Waals surface area (Å²) in [6, 6.07) is 8.10. The van der Waals surface area contributed by atoms with E-state index in [0.29, 0.717) is 25.3 Å². The maximum absolute atomic E-state index is 5.51. The van der Waals surface area contributed by atoms with Crippen LogP contribution in [0, 0.1) is 0 Å². The fourth-order valence-corrected chi connectivity index (χ4v) is 1.61. The molecule has 0 aliphatic carbocycles. The zero-order valence-corrected chi connectivity index (χ0v) is 12.1. The smallest absolute Gasteiger partial charge is 0.394 e. The Balaban J connectivity index is 1.84. The molecule has 5 heteroatoms.